The van der Waals surface area contributed by atoms with Crippen molar-refractivity contribution in [3.8, 4) is 0 Å². The zero-order valence-corrected chi connectivity index (χ0v) is 10.1. The highest BCUT2D eigenvalue weighted by atomic mass is 35.5. The van der Waals surface area contributed by atoms with Crippen LogP contribution in [0.1, 0.15) is 18.1 Å². The van der Waals surface area contributed by atoms with Crippen LogP contribution in [-0.2, 0) is 15.3 Å². The second kappa shape index (κ2) is 4.32. The Labute approximate surface area is 99.3 Å². The van der Waals surface area contributed by atoms with Gasteiger partial charge in [-0.25, -0.2) is 4.39 Å². The van der Waals surface area contributed by atoms with Gasteiger partial charge in [0.25, 0.3) is 0 Å². The zero-order chi connectivity index (χ0) is 11.8. The number of alkyl halides is 1. The summed E-state index contributed by atoms with van der Waals surface area (Å²) in [5.74, 6) is -0.752. The van der Waals surface area contributed by atoms with Crippen molar-refractivity contribution in [1.82, 2.24) is 0 Å². The van der Waals surface area contributed by atoms with Crippen molar-refractivity contribution in [2.24, 2.45) is 0 Å². The Balaban J connectivity index is 2.27. The van der Waals surface area contributed by atoms with Crippen molar-refractivity contribution >= 4 is 11.6 Å². The van der Waals surface area contributed by atoms with Gasteiger partial charge in [-0.3, -0.25) is 0 Å². The average molecular weight is 245 g/mol. The minimum Gasteiger partial charge on any atom is -0.343 e. The summed E-state index contributed by atoms with van der Waals surface area (Å²) in [4.78, 5) is 0. The summed E-state index contributed by atoms with van der Waals surface area (Å²) in [6, 6.07) is 4.98. The number of hydrogen-bond acceptors (Lipinski definition) is 2. The first-order valence-corrected chi connectivity index (χ1v) is 5.73. The molecule has 1 aliphatic heterocycles. The Morgan fingerprint density at radius 3 is 2.88 bits per heavy atom. The highest BCUT2D eigenvalue weighted by Gasteiger charge is 2.38. The lowest BCUT2D eigenvalue weighted by molar-refractivity contribution is -0.159. The highest BCUT2D eigenvalue weighted by molar-refractivity contribution is 6.18. The summed E-state index contributed by atoms with van der Waals surface area (Å²) in [6.07, 6.45) is -0.129. The number of benzene rings is 1. The molecule has 2 atom stereocenters. The molecular weight excluding hydrogens is 231 g/mol. The van der Waals surface area contributed by atoms with E-state index in [0.29, 0.717) is 23.6 Å². The number of halogens is 2. The van der Waals surface area contributed by atoms with Gasteiger partial charge in [-0.05, 0) is 25.5 Å². The van der Waals surface area contributed by atoms with Crippen LogP contribution in [0.15, 0.2) is 18.2 Å². The van der Waals surface area contributed by atoms with E-state index in [0.717, 1.165) is 0 Å². The normalized spacial score (nSPS) is 29.6. The topological polar surface area (TPSA) is 18.5 Å². The lowest BCUT2D eigenvalue weighted by atomic mass is 10.1. The van der Waals surface area contributed by atoms with Crippen molar-refractivity contribution in [2.75, 3.05) is 12.5 Å². The van der Waals surface area contributed by atoms with E-state index in [-0.39, 0.29) is 11.9 Å². The third kappa shape index (κ3) is 2.08. The average Bonchev–Trinajstić information content (AvgIpc) is 2.66. The standard InChI is InChI=1S/C12H14ClFO2/c1-8-3-4-9(5-11(8)14)12(2)15-7-10(6-13)16-12/h3-5,10H,6-7H2,1-2H3. The van der Waals surface area contributed by atoms with E-state index in [4.69, 9.17) is 21.1 Å². The van der Waals surface area contributed by atoms with E-state index in [1.807, 2.05) is 6.07 Å². The Kier molecular flexibility index (Phi) is 3.19. The molecule has 1 saturated heterocycles. The zero-order valence-electron chi connectivity index (χ0n) is 9.30. The second-order valence-electron chi connectivity index (χ2n) is 4.11. The summed E-state index contributed by atoms with van der Waals surface area (Å²) >= 11 is 5.70. The molecule has 1 heterocycles. The van der Waals surface area contributed by atoms with Crippen LogP contribution < -0.4 is 0 Å². The molecule has 4 heteroatoms. The third-order valence-corrected chi connectivity index (χ3v) is 3.15. The fourth-order valence-electron chi connectivity index (χ4n) is 1.74. The minimum absolute atomic E-state index is 0.129. The molecule has 88 valence electrons. The molecule has 0 amide bonds. The summed E-state index contributed by atoms with van der Waals surface area (Å²) in [6.45, 7) is 3.94. The third-order valence-electron chi connectivity index (χ3n) is 2.80. The van der Waals surface area contributed by atoms with E-state index < -0.39 is 5.79 Å². The summed E-state index contributed by atoms with van der Waals surface area (Å²) in [5, 5.41) is 0. The van der Waals surface area contributed by atoms with Crippen LogP contribution in [0.4, 0.5) is 4.39 Å². The Morgan fingerprint density at radius 2 is 2.31 bits per heavy atom. The molecule has 0 radical (unpaired) electrons. The van der Waals surface area contributed by atoms with E-state index in [1.54, 1.807) is 19.9 Å². The van der Waals surface area contributed by atoms with Crippen LogP contribution in [0.3, 0.4) is 0 Å². The van der Waals surface area contributed by atoms with Crippen LogP contribution in [0.25, 0.3) is 0 Å². The molecule has 1 aromatic carbocycles. The Hall–Kier alpha value is -0.640. The van der Waals surface area contributed by atoms with Gasteiger partial charge in [-0.1, -0.05) is 12.1 Å². The van der Waals surface area contributed by atoms with Gasteiger partial charge in [-0.15, -0.1) is 11.6 Å². The predicted octanol–water partition coefficient (Wildman–Crippen LogP) is 2.96. The summed E-state index contributed by atoms with van der Waals surface area (Å²) in [5.41, 5.74) is 1.29. The minimum atomic E-state index is -0.881. The molecule has 2 rings (SSSR count). The number of ether oxygens (including phenoxy) is 2. The first-order chi connectivity index (χ1) is 7.55. The molecule has 2 unspecified atom stereocenters. The molecule has 0 spiro atoms. The van der Waals surface area contributed by atoms with Crippen LogP contribution in [-0.4, -0.2) is 18.6 Å². The molecule has 2 nitrogen and oxygen atoms in total. The van der Waals surface area contributed by atoms with Gasteiger partial charge in [0.1, 0.15) is 5.82 Å². The molecule has 1 fully saturated rings. The highest BCUT2D eigenvalue weighted by Crippen LogP contribution is 2.34. The van der Waals surface area contributed by atoms with Gasteiger partial charge in [0.15, 0.2) is 5.79 Å². The number of rotatable bonds is 2. The first kappa shape index (κ1) is 11.8. The van der Waals surface area contributed by atoms with Gasteiger partial charge in [0.2, 0.25) is 0 Å². The summed E-state index contributed by atoms with van der Waals surface area (Å²) < 4.78 is 24.7. The SMILES string of the molecule is Cc1ccc(C2(C)OCC(CCl)O2)cc1F. The Morgan fingerprint density at radius 1 is 1.56 bits per heavy atom. The maximum atomic E-state index is 13.4. The van der Waals surface area contributed by atoms with Crippen LogP contribution >= 0.6 is 11.6 Å². The molecule has 1 aromatic rings. The quantitative estimate of drug-likeness (QED) is 0.745. The molecule has 0 saturated carbocycles. The number of hydrogen-bond donors (Lipinski definition) is 0. The van der Waals surface area contributed by atoms with Crippen molar-refractivity contribution in [2.45, 2.75) is 25.7 Å². The van der Waals surface area contributed by atoms with Crippen LogP contribution in [0.5, 0.6) is 0 Å². The van der Waals surface area contributed by atoms with E-state index in [2.05, 4.69) is 0 Å². The van der Waals surface area contributed by atoms with Crippen molar-refractivity contribution < 1.29 is 13.9 Å². The molecule has 16 heavy (non-hydrogen) atoms. The predicted molar refractivity (Wildman–Crippen MR) is 60.0 cm³/mol. The largest absolute Gasteiger partial charge is 0.343 e. The van der Waals surface area contributed by atoms with Gasteiger partial charge in [0, 0.05) is 5.56 Å². The molecular formula is C12H14ClFO2. The second-order valence-corrected chi connectivity index (χ2v) is 4.42. The van der Waals surface area contributed by atoms with Gasteiger partial charge < -0.3 is 9.47 Å². The fourth-order valence-corrected chi connectivity index (χ4v) is 1.89. The molecule has 0 bridgehead atoms. The van der Waals surface area contributed by atoms with Gasteiger partial charge in [0.05, 0.1) is 18.6 Å². The molecule has 0 N–H and O–H groups in total. The Bertz CT molecular complexity index is 397. The maximum Gasteiger partial charge on any atom is 0.192 e. The lowest BCUT2D eigenvalue weighted by Gasteiger charge is -2.23. The van der Waals surface area contributed by atoms with Crippen molar-refractivity contribution in [1.29, 1.82) is 0 Å². The first-order valence-electron chi connectivity index (χ1n) is 5.19. The van der Waals surface area contributed by atoms with Crippen LogP contribution in [0, 0.1) is 12.7 Å². The van der Waals surface area contributed by atoms with E-state index in [1.165, 1.54) is 6.07 Å². The van der Waals surface area contributed by atoms with Crippen molar-refractivity contribution in [3.63, 3.8) is 0 Å². The van der Waals surface area contributed by atoms with Gasteiger partial charge >= 0.3 is 0 Å². The smallest absolute Gasteiger partial charge is 0.192 e. The molecule has 0 aliphatic carbocycles. The van der Waals surface area contributed by atoms with Crippen LogP contribution in [0.2, 0.25) is 0 Å². The number of aryl methyl sites for hydroxylation is 1. The summed E-state index contributed by atoms with van der Waals surface area (Å²) in [7, 11) is 0. The van der Waals surface area contributed by atoms with Gasteiger partial charge in [-0.2, -0.15) is 0 Å². The van der Waals surface area contributed by atoms with Crippen molar-refractivity contribution in [3.05, 3.63) is 35.1 Å². The van der Waals surface area contributed by atoms with E-state index in [9.17, 15) is 4.39 Å². The molecule has 1 aliphatic rings. The monoisotopic (exact) mass is 244 g/mol. The molecule has 0 aromatic heterocycles. The van der Waals surface area contributed by atoms with E-state index >= 15 is 0 Å². The lowest BCUT2D eigenvalue weighted by Crippen LogP contribution is -2.24. The fraction of sp³-hybridized carbons (Fsp3) is 0.500. The maximum absolute atomic E-state index is 13.4.